The van der Waals surface area contributed by atoms with Crippen LogP contribution in [0, 0.1) is 11.6 Å². The summed E-state index contributed by atoms with van der Waals surface area (Å²) in [4.78, 5) is 1.35. The van der Waals surface area contributed by atoms with Crippen LogP contribution in [0.5, 0.6) is 17.2 Å². The average molecular weight is 507 g/mol. The molecule has 9 nitrogen and oxygen atoms in total. The molecule has 0 radical (unpaired) electrons. The van der Waals surface area contributed by atoms with Gasteiger partial charge in [-0.05, 0) is 36.4 Å². The Hall–Kier alpha value is -3.51. The normalized spacial score (nSPS) is 14.6. The molecule has 186 valence electrons. The van der Waals surface area contributed by atoms with Gasteiger partial charge in [0.1, 0.15) is 16.5 Å². The monoisotopic (exact) mass is 506 g/mol. The number of piperazine rings is 1. The molecule has 12 heteroatoms. The van der Waals surface area contributed by atoms with E-state index in [9.17, 15) is 17.2 Å². The van der Waals surface area contributed by atoms with E-state index in [1.807, 2.05) is 4.90 Å². The molecule has 2 aromatic carbocycles. The van der Waals surface area contributed by atoms with Crippen molar-refractivity contribution in [3.8, 4) is 28.5 Å². The Morgan fingerprint density at radius 2 is 1.49 bits per heavy atom. The largest absolute Gasteiger partial charge is 0.493 e. The number of halogens is 2. The van der Waals surface area contributed by atoms with Crippen LogP contribution in [-0.4, -0.2) is 70.4 Å². The fraction of sp³-hybridized carbons (Fsp3) is 0.304. The molecule has 35 heavy (non-hydrogen) atoms. The minimum absolute atomic E-state index is 0.120. The number of anilines is 1. The molecule has 0 atom stereocenters. The highest BCUT2D eigenvalue weighted by atomic mass is 32.2. The van der Waals surface area contributed by atoms with E-state index in [2.05, 4.69) is 10.2 Å². The molecule has 4 rings (SSSR count). The van der Waals surface area contributed by atoms with E-state index < -0.39 is 26.6 Å². The smallest absolute Gasteiger partial charge is 0.246 e. The molecule has 0 saturated carbocycles. The van der Waals surface area contributed by atoms with Crippen molar-refractivity contribution in [2.45, 2.75) is 4.90 Å². The third-order valence-electron chi connectivity index (χ3n) is 5.69. The van der Waals surface area contributed by atoms with Crippen LogP contribution in [0.4, 0.5) is 14.6 Å². The predicted octanol–water partition coefficient (Wildman–Crippen LogP) is 2.96. The molecule has 1 fully saturated rings. The number of ether oxygens (including phenoxy) is 3. The van der Waals surface area contributed by atoms with Gasteiger partial charge >= 0.3 is 0 Å². The summed E-state index contributed by atoms with van der Waals surface area (Å²) in [6.07, 6.45) is 0. The third-order valence-corrected chi connectivity index (χ3v) is 7.62. The molecule has 0 unspecified atom stereocenters. The molecule has 0 bridgehead atoms. The molecule has 1 saturated heterocycles. The molecule has 1 aliphatic heterocycles. The zero-order valence-electron chi connectivity index (χ0n) is 19.4. The second-order valence-electron chi connectivity index (χ2n) is 7.66. The van der Waals surface area contributed by atoms with E-state index in [1.54, 1.807) is 24.3 Å². The molecule has 0 N–H and O–H groups in total. The van der Waals surface area contributed by atoms with Crippen molar-refractivity contribution in [3.63, 3.8) is 0 Å². The second kappa shape index (κ2) is 10.0. The van der Waals surface area contributed by atoms with Crippen LogP contribution in [0.1, 0.15) is 0 Å². The maximum atomic E-state index is 14.1. The van der Waals surface area contributed by atoms with Crippen LogP contribution in [0.15, 0.2) is 47.4 Å². The van der Waals surface area contributed by atoms with E-state index in [-0.39, 0.29) is 13.1 Å². The minimum atomic E-state index is -4.08. The van der Waals surface area contributed by atoms with Gasteiger partial charge in [-0.25, -0.2) is 17.2 Å². The SMILES string of the molecule is COc1cc(-c2ccc(N3CCN(S(=O)(=O)c4ccc(F)cc4F)CC3)nn2)cc(OC)c1OC. The molecule has 2 heterocycles. The lowest BCUT2D eigenvalue weighted by atomic mass is 10.1. The van der Waals surface area contributed by atoms with Gasteiger partial charge in [-0.15, -0.1) is 10.2 Å². The first-order valence-corrected chi connectivity index (χ1v) is 12.1. The van der Waals surface area contributed by atoms with Crippen molar-refractivity contribution >= 4 is 15.8 Å². The number of nitrogens with zero attached hydrogens (tertiary/aromatic N) is 4. The Morgan fingerprint density at radius 1 is 0.829 bits per heavy atom. The van der Waals surface area contributed by atoms with Gasteiger partial charge in [0.25, 0.3) is 0 Å². The lowest BCUT2D eigenvalue weighted by molar-refractivity contribution is 0.324. The fourth-order valence-corrected chi connectivity index (χ4v) is 5.33. The molecular formula is C23H24F2N4O5S. The number of benzene rings is 2. The van der Waals surface area contributed by atoms with Gasteiger partial charge < -0.3 is 19.1 Å². The van der Waals surface area contributed by atoms with Crippen LogP contribution in [0.3, 0.4) is 0 Å². The van der Waals surface area contributed by atoms with Crippen LogP contribution in [-0.2, 0) is 10.0 Å². The van der Waals surface area contributed by atoms with Gasteiger partial charge in [0, 0.05) is 37.8 Å². The first kappa shape index (κ1) is 24.6. The summed E-state index contributed by atoms with van der Waals surface area (Å²) in [7, 11) is 0.498. The Balaban J connectivity index is 1.48. The van der Waals surface area contributed by atoms with Crippen LogP contribution in [0.25, 0.3) is 11.3 Å². The van der Waals surface area contributed by atoms with Crippen molar-refractivity contribution in [3.05, 3.63) is 54.1 Å². The number of sulfonamides is 1. The Bertz CT molecular complexity index is 1290. The molecule has 0 amide bonds. The van der Waals surface area contributed by atoms with Gasteiger partial charge in [0.2, 0.25) is 15.8 Å². The molecular weight excluding hydrogens is 482 g/mol. The van der Waals surface area contributed by atoms with Gasteiger partial charge in [0.05, 0.1) is 27.0 Å². The predicted molar refractivity (Wildman–Crippen MR) is 124 cm³/mol. The second-order valence-corrected chi connectivity index (χ2v) is 9.56. The summed E-state index contributed by atoms with van der Waals surface area (Å²) in [6.45, 7) is 0.908. The molecule has 0 spiro atoms. The number of hydrogen-bond acceptors (Lipinski definition) is 8. The van der Waals surface area contributed by atoms with Gasteiger partial charge in [0.15, 0.2) is 17.3 Å². The highest BCUT2D eigenvalue weighted by Gasteiger charge is 2.31. The average Bonchev–Trinajstić information content (AvgIpc) is 2.87. The van der Waals surface area contributed by atoms with E-state index >= 15 is 0 Å². The highest BCUT2D eigenvalue weighted by molar-refractivity contribution is 7.89. The maximum Gasteiger partial charge on any atom is 0.246 e. The van der Waals surface area contributed by atoms with Crippen molar-refractivity contribution in [1.82, 2.24) is 14.5 Å². The van der Waals surface area contributed by atoms with Crippen molar-refractivity contribution in [1.29, 1.82) is 0 Å². The summed E-state index contributed by atoms with van der Waals surface area (Å²) in [5, 5.41) is 8.60. The summed E-state index contributed by atoms with van der Waals surface area (Å²) < 4.78 is 70.1. The first-order chi connectivity index (χ1) is 16.8. The summed E-state index contributed by atoms with van der Waals surface area (Å²) in [5.74, 6) is 0.0775. The van der Waals surface area contributed by atoms with E-state index in [0.29, 0.717) is 47.9 Å². The Labute approximate surface area is 201 Å². The zero-order chi connectivity index (χ0) is 25.2. The Kier molecular flexibility index (Phi) is 7.03. The van der Waals surface area contributed by atoms with Gasteiger partial charge in [-0.3, -0.25) is 0 Å². The number of aromatic nitrogens is 2. The topological polar surface area (TPSA) is 94.1 Å². The van der Waals surface area contributed by atoms with E-state index in [0.717, 1.165) is 17.7 Å². The first-order valence-electron chi connectivity index (χ1n) is 10.6. The van der Waals surface area contributed by atoms with Crippen LogP contribution >= 0.6 is 0 Å². The Morgan fingerprint density at radius 3 is 2.00 bits per heavy atom. The van der Waals surface area contributed by atoms with Gasteiger partial charge in [-0.1, -0.05) is 0 Å². The molecule has 1 aliphatic rings. The quantitative estimate of drug-likeness (QED) is 0.483. The van der Waals surface area contributed by atoms with E-state index in [4.69, 9.17) is 14.2 Å². The minimum Gasteiger partial charge on any atom is -0.493 e. The van der Waals surface area contributed by atoms with Crippen molar-refractivity contribution < 1.29 is 31.4 Å². The van der Waals surface area contributed by atoms with Gasteiger partial charge in [-0.2, -0.15) is 4.31 Å². The lowest BCUT2D eigenvalue weighted by Crippen LogP contribution is -2.49. The number of methoxy groups -OCH3 is 3. The van der Waals surface area contributed by atoms with Crippen LogP contribution in [0.2, 0.25) is 0 Å². The van der Waals surface area contributed by atoms with Crippen molar-refractivity contribution in [2.75, 3.05) is 52.4 Å². The van der Waals surface area contributed by atoms with Crippen LogP contribution < -0.4 is 19.1 Å². The van der Waals surface area contributed by atoms with Crippen molar-refractivity contribution in [2.24, 2.45) is 0 Å². The maximum absolute atomic E-state index is 14.1. The number of rotatable bonds is 7. The highest BCUT2D eigenvalue weighted by Crippen LogP contribution is 2.40. The van der Waals surface area contributed by atoms with E-state index in [1.165, 1.54) is 25.6 Å². The summed E-state index contributed by atoms with van der Waals surface area (Å²) >= 11 is 0. The molecule has 0 aliphatic carbocycles. The third kappa shape index (κ3) is 4.84. The standard InChI is InChI=1S/C23H24F2N4O5S/c1-32-19-12-15(13-20(33-2)23(19)34-3)18-5-7-22(27-26-18)28-8-10-29(11-9-28)35(30,31)21-6-4-16(24)14-17(21)25/h4-7,12-14H,8-11H2,1-3H3. The molecule has 1 aromatic heterocycles. The number of hydrogen-bond donors (Lipinski definition) is 0. The summed E-state index contributed by atoms with van der Waals surface area (Å²) in [6, 6.07) is 9.55. The fourth-order valence-electron chi connectivity index (χ4n) is 3.86. The molecule has 3 aromatic rings. The zero-order valence-corrected chi connectivity index (χ0v) is 20.2. The summed E-state index contributed by atoms with van der Waals surface area (Å²) in [5.41, 5.74) is 1.30. The lowest BCUT2D eigenvalue weighted by Gasteiger charge is -2.34.